The zero-order valence-electron chi connectivity index (χ0n) is 13.2. The van der Waals surface area contributed by atoms with Crippen LogP contribution in [0.1, 0.15) is 15.9 Å². The van der Waals surface area contributed by atoms with Gasteiger partial charge in [0.1, 0.15) is 5.75 Å². The molecule has 0 spiro atoms. The molecule has 23 heavy (non-hydrogen) atoms. The number of benzene rings is 2. The first-order chi connectivity index (χ1) is 11.2. The molecule has 0 saturated heterocycles. The lowest BCUT2D eigenvalue weighted by Gasteiger charge is -2.09. The molecule has 0 aliphatic rings. The number of nitrogens with one attached hydrogen (secondary N) is 1. The molecule has 2 aromatic rings. The highest BCUT2D eigenvalue weighted by Crippen LogP contribution is 2.29. The number of hydrazone groups is 1. The van der Waals surface area contributed by atoms with E-state index in [1.807, 2.05) is 6.07 Å². The Hall–Kier alpha value is -3.02. The average molecular weight is 314 g/mol. The van der Waals surface area contributed by atoms with Crippen LogP contribution in [-0.2, 0) is 0 Å². The van der Waals surface area contributed by atoms with Gasteiger partial charge in [-0.15, -0.1) is 0 Å². The number of carbonyl (C=O) groups excluding carboxylic acids is 1. The van der Waals surface area contributed by atoms with Gasteiger partial charge in [0, 0.05) is 5.56 Å². The quantitative estimate of drug-likeness (QED) is 0.657. The summed E-state index contributed by atoms with van der Waals surface area (Å²) in [6.07, 6.45) is 1.49. The van der Waals surface area contributed by atoms with Gasteiger partial charge in [-0.3, -0.25) is 4.79 Å². The molecule has 0 aliphatic heterocycles. The van der Waals surface area contributed by atoms with E-state index in [9.17, 15) is 4.79 Å². The number of hydrogen-bond donors (Lipinski definition) is 1. The molecule has 1 N–H and O–H groups in total. The molecule has 0 unspecified atom stereocenters. The van der Waals surface area contributed by atoms with Crippen LogP contribution < -0.4 is 19.6 Å². The van der Waals surface area contributed by atoms with Crippen molar-refractivity contribution in [2.45, 2.75) is 0 Å². The van der Waals surface area contributed by atoms with Gasteiger partial charge in [0.2, 0.25) is 0 Å². The third-order valence-electron chi connectivity index (χ3n) is 3.15. The van der Waals surface area contributed by atoms with Crippen molar-refractivity contribution in [3.05, 3.63) is 53.6 Å². The minimum atomic E-state index is -0.361. The van der Waals surface area contributed by atoms with E-state index in [4.69, 9.17) is 14.2 Å². The number of methoxy groups -OCH3 is 3. The monoisotopic (exact) mass is 314 g/mol. The second-order valence-electron chi connectivity index (χ2n) is 4.48. The normalized spacial score (nSPS) is 10.4. The number of carbonyl (C=O) groups is 1. The first kappa shape index (κ1) is 16.4. The van der Waals surface area contributed by atoms with E-state index < -0.39 is 0 Å². The Morgan fingerprint density at radius 1 is 0.957 bits per heavy atom. The van der Waals surface area contributed by atoms with Gasteiger partial charge in [-0.05, 0) is 24.3 Å². The summed E-state index contributed by atoms with van der Waals surface area (Å²) in [5.74, 6) is 1.26. The maximum Gasteiger partial charge on any atom is 0.275 e. The molecule has 0 atom stereocenters. The predicted molar refractivity (Wildman–Crippen MR) is 87.6 cm³/mol. The molecule has 0 radical (unpaired) electrons. The molecule has 0 bridgehead atoms. The molecule has 6 nitrogen and oxygen atoms in total. The number of rotatable bonds is 6. The van der Waals surface area contributed by atoms with Crippen molar-refractivity contribution < 1.29 is 19.0 Å². The molecule has 120 valence electrons. The van der Waals surface area contributed by atoms with Gasteiger partial charge in [0.15, 0.2) is 11.5 Å². The van der Waals surface area contributed by atoms with Gasteiger partial charge in [-0.2, -0.15) is 5.10 Å². The summed E-state index contributed by atoms with van der Waals surface area (Å²) < 4.78 is 15.7. The van der Waals surface area contributed by atoms with E-state index in [1.165, 1.54) is 13.3 Å². The van der Waals surface area contributed by atoms with Crippen molar-refractivity contribution in [1.29, 1.82) is 0 Å². The number of para-hydroxylation sites is 2. The Kier molecular flexibility index (Phi) is 5.57. The predicted octanol–water partition coefficient (Wildman–Crippen LogP) is 2.48. The van der Waals surface area contributed by atoms with Gasteiger partial charge < -0.3 is 14.2 Å². The Morgan fingerprint density at radius 3 is 2.35 bits per heavy atom. The molecule has 0 saturated carbocycles. The summed E-state index contributed by atoms with van der Waals surface area (Å²) in [5.41, 5.74) is 3.56. The van der Waals surface area contributed by atoms with Crippen LogP contribution >= 0.6 is 0 Å². The van der Waals surface area contributed by atoms with Crippen LogP contribution in [0.15, 0.2) is 47.6 Å². The lowest BCUT2D eigenvalue weighted by Crippen LogP contribution is -2.18. The van der Waals surface area contributed by atoms with E-state index in [2.05, 4.69) is 10.5 Å². The smallest absolute Gasteiger partial charge is 0.275 e. The zero-order chi connectivity index (χ0) is 16.7. The van der Waals surface area contributed by atoms with E-state index in [-0.39, 0.29) is 5.91 Å². The average Bonchev–Trinajstić information content (AvgIpc) is 2.61. The summed E-state index contributed by atoms with van der Waals surface area (Å²) >= 11 is 0. The topological polar surface area (TPSA) is 69.2 Å². The molecule has 6 heteroatoms. The number of amides is 1. The lowest BCUT2D eigenvalue weighted by molar-refractivity contribution is 0.0952. The Labute approximate surface area is 134 Å². The van der Waals surface area contributed by atoms with E-state index in [0.29, 0.717) is 28.4 Å². The summed E-state index contributed by atoms with van der Waals surface area (Å²) in [5, 5.41) is 3.96. The fourth-order valence-corrected chi connectivity index (χ4v) is 2.07. The van der Waals surface area contributed by atoms with Gasteiger partial charge in [-0.1, -0.05) is 18.2 Å². The molecule has 0 aromatic heterocycles. The second-order valence-corrected chi connectivity index (χ2v) is 4.48. The molecule has 0 fully saturated rings. The van der Waals surface area contributed by atoms with Crippen LogP contribution in [-0.4, -0.2) is 33.5 Å². The number of ether oxygens (including phenoxy) is 3. The van der Waals surface area contributed by atoms with Crippen LogP contribution in [0.2, 0.25) is 0 Å². The van der Waals surface area contributed by atoms with Crippen molar-refractivity contribution in [1.82, 2.24) is 5.43 Å². The summed E-state index contributed by atoms with van der Waals surface area (Å²) in [4.78, 5) is 12.1. The highest BCUT2D eigenvalue weighted by Gasteiger charge is 2.11. The number of hydrogen-bond acceptors (Lipinski definition) is 5. The maximum absolute atomic E-state index is 12.1. The molecule has 2 aromatic carbocycles. The fourth-order valence-electron chi connectivity index (χ4n) is 2.07. The SMILES string of the molecule is COc1ccccc1C(=O)NN=Cc1cccc(OC)c1OC. The first-order valence-corrected chi connectivity index (χ1v) is 6.88. The molecule has 2 rings (SSSR count). The van der Waals surface area contributed by atoms with Gasteiger partial charge >= 0.3 is 0 Å². The third kappa shape index (κ3) is 3.79. The van der Waals surface area contributed by atoms with E-state index >= 15 is 0 Å². The maximum atomic E-state index is 12.1. The van der Waals surface area contributed by atoms with Gasteiger partial charge in [-0.25, -0.2) is 5.43 Å². The van der Waals surface area contributed by atoms with E-state index in [0.717, 1.165) is 0 Å². The standard InChI is InChI=1S/C17H18N2O4/c1-21-14-9-5-4-8-13(14)17(20)19-18-11-12-7-6-10-15(22-2)16(12)23-3/h4-11H,1-3H3,(H,19,20). The van der Waals surface area contributed by atoms with Crippen LogP contribution in [0.3, 0.4) is 0 Å². The minimum Gasteiger partial charge on any atom is -0.496 e. The van der Waals surface area contributed by atoms with Crippen LogP contribution in [0, 0.1) is 0 Å². The third-order valence-corrected chi connectivity index (χ3v) is 3.15. The summed E-state index contributed by atoms with van der Waals surface area (Å²) in [7, 11) is 4.61. The molecule has 0 heterocycles. The van der Waals surface area contributed by atoms with Crippen molar-refractivity contribution in [3.63, 3.8) is 0 Å². The van der Waals surface area contributed by atoms with Crippen LogP contribution in [0.4, 0.5) is 0 Å². The van der Waals surface area contributed by atoms with E-state index in [1.54, 1.807) is 50.6 Å². The minimum absolute atomic E-state index is 0.361. The van der Waals surface area contributed by atoms with Crippen LogP contribution in [0.25, 0.3) is 0 Å². The number of nitrogens with zero attached hydrogens (tertiary/aromatic N) is 1. The van der Waals surface area contributed by atoms with Crippen LogP contribution in [0.5, 0.6) is 17.2 Å². The molecule has 1 amide bonds. The lowest BCUT2D eigenvalue weighted by atomic mass is 10.2. The first-order valence-electron chi connectivity index (χ1n) is 6.88. The zero-order valence-corrected chi connectivity index (χ0v) is 13.2. The molecular formula is C17H18N2O4. The molecule has 0 aliphatic carbocycles. The summed E-state index contributed by atoms with van der Waals surface area (Å²) in [6, 6.07) is 12.3. The Bertz CT molecular complexity index is 713. The van der Waals surface area contributed by atoms with Gasteiger partial charge in [0.05, 0.1) is 33.1 Å². The highest BCUT2D eigenvalue weighted by atomic mass is 16.5. The Morgan fingerprint density at radius 2 is 1.65 bits per heavy atom. The largest absolute Gasteiger partial charge is 0.496 e. The molecular weight excluding hydrogens is 296 g/mol. The highest BCUT2D eigenvalue weighted by molar-refractivity contribution is 5.97. The second kappa shape index (κ2) is 7.84. The fraction of sp³-hybridized carbons (Fsp3) is 0.176. The van der Waals surface area contributed by atoms with Gasteiger partial charge in [0.25, 0.3) is 5.91 Å². The van der Waals surface area contributed by atoms with Crippen molar-refractivity contribution >= 4 is 12.1 Å². The van der Waals surface area contributed by atoms with Crippen molar-refractivity contribution in [3.8, 4) is 17.2 Å². The van der Waals surface area contributed by atoms with Crippen molar-refractivity contribution in [2.75, 3.05) is 21.3 Å². The van der Waals surface area contributed by atoms with Crippen molar-refractivity contribution in [2.24, 2.45) is 5.10 Å². The summed E-state index contributed by atoms with van der Waals surface area (Å²) in [6.45, 7) is 0. The Balaban J connectivity index is 2.14.